The van der Waals surface area contributed by atoms with E-state index < -0.39 is 6.10 Å². The van der Waals surface area contributed by atoms with Crippen molar-refractivity contribution in [2.24, 2.45) is 0 Å². The maximum atomic E-state index is 12.9. The van der Waals surface area contributed by atoms with Crippen molar-refractivity contribution in [2.45, 2.75) is 252 Å². The van der Waals surface area contributed by atoms with Crippen LogP contribution in [0.1, 0.15) is 245 Å². The molecule has 0 saturated heterocycles. The molecule has 0 saturated carbocycles. The third-order valence-electron chi connectivity index (χ3n) is 11.9. The number of esters is 3. The lowest BCUT2D eigenvalue weighted by Gasteiger charge is -2.18. The van der Waals surface area contributed by atoms with Crippen LogP contribution in [0.5, 0.6) is 0 Å². The minimum atomic E-state index is -0.812. The SMILES string of the molecule is CC\C=C/C=C\C=C/C=C\C=C/CCCCCC(=O)OCC(COC(=O)CCCCCCCCCCCC/C=C\C=C/CCCCC)OC(=O)CCCCCCC\C=C/C=C\C=C/CCCCCCC. The van der Waals surface area contributed by atoms with Crippen molar-refractivity contribution < 1.29 is 28.6 Å². The highest BCUT2D eigenvalue weighted by molar-refractivity contribution is 5.71. The van der Waals surface area contributed by atoms with Crippen LogP contribution in [0.2, 0.25) is 0 Å². The number of hydrogen-bond donors (Lipinski definition) is 0. The fourth-order valence-electron chi connectivity index (χ4n) is 7.57. The van der Waals surface area contributed by atoms with Crippen LogP contribution >= 0.6 is 0 Å². The summed E-state index contributed by atoms with van der Waals surface area (Å²) in [4.78, 5) is 38.2. The van der Waals surface area contributed by atoms with E-state index in [2.05, 4.69) is 93.7 Å². The zero-order chi connectivity index (χ0) is 50.7. The predicted octanol–water partition coefficient (Wildman–Crippen LogP) is 19.3. The molecule has 0 rings (SSSR count). The normalized spacial score (nSPS) is 13.0. The van der Waals surface area contributed by atoms with E-state index in [0.717, 1.165) is 96.3 Å². The van der Waals surface area contributed by atoms with Gasteiger partial charge >= 0.3 is 17.9 Å². The van der Waals surface area contributed by atoms with Crippen molar-refractivity contribution in [3.05, 3.63) is 122 Å². The lowest BCUT2D eigenvalue weighted by atomic mass is 10.1. The average Bonchev–Trinajstić information content (AvgIpc) is 3.36. The van der Waals surface area contributed by atoms with Crippen LogP contribution in [0.3, 0.4) is 0 Å². The minimum Gasteiger partial charge on any atom is -0.462 e. The van der Waals surface area contributed by atoms with Crippen LogP contribution in [0, 0.1) is 0 Å². The quantitative estimate of drug-likeness (QED) is 0.0262. The lowest BCUT2D eigenvalue weighted by Crippen LogP contribution is -2.30. The molecule has 396 valence electrons. The summed E-state index contributed by atoms with van der Waals surface area (Å²) in [6.07, 6.45) is 78.9. The molecule has 0 fully saturated rings. The zero-order valence-corrected chi connectivity index (χ0v) is 45.2. The van der Waals surface area contributed by atoms with Gasteiger partial charge in [-0.05, 0) is 89.9 Å². The molecule has 0 N–H and O–H groups in total. The van der Waals surface area contributed by atoms with Crippen LogP contribution in [-0.2, 0) is 28.6 Å². The van der Waals surface area contributed by atoms with E-state index in [-0.39, 0.29) is 31.1 Å². The Morgan fingerprint density at radius 3 is 0.929 bits per heavy atom. The van der Waals surface area contributed by atoms with E-state index in [4.69, 9.17) is 14.2 Å². The van der Waals surface area contributed by atoms with Crippen LogP contribution in [0.25, 0.3) is 0 Å². The number of unbranched alkanes of at least 4 members (excludes halogenated alkanes) is 26. The molecule has 1 unspecified atom stereocenters. The molecule has 0 aliphatic heterocycles. The van der Waals surface area contributed by atoms with E-state index in [0.29, 0.717) is 19.3 Å². The Morgan fingerprint density at radius 1 is 0.300 bits per heavy atom. The fourth-order valence-corrected chi connectivity index (χ4v) is 7.57. The second kappa shape index (κ2) is 57.4. The van der Waals surface area contributed by atoms with Gasteiger partial charge in [0.15, 0.2) is 6.10 Å². The van der Waals surface area contributed by atoms with Crippen molar-refractivity contribution >= 4 is 17.9 Å². The summed E-state index contributed by atoms with van der Waals surface area (Å²) in [5.41, 5.74) is 0. The Kier molecular flexibility index (Phi) is 54.0. The molecule has 0 bridgehead atoms. The first kappa shape index (κ1) is 65.8. The van der Waals surface area contributed by atoms with Gasteiger partial charge < -0.3 is 14.2 Å². The summed E-state index contributed by atoms with van der Waals surface area (Å²) in [6, 6.07) is 0. The molecule has 6 heteroatoms. The topological polar surface area (TPSA) is 78.9 Å². The molecule has 0 aliphatic carbocycles. The number of ether oxygens (including phenoxy) is 3. The molecule has 0 heterocycles. The minimum absolute atomic E-state index is 0.105. The van der Waals surface area contributed by atoms with Gasteiger partial charge in [-0.25, -0.2) is 0 Å². The van der Waals surface area contributed by atoms with Crippen molar-refractivity contribution in [2.75, 3.05) is 13.2 Å². The van der Waals surface area contributed by atoms with Gasteiger partial charge in [-0.1, -0.05) is 258 Å². The Labute approximate surface area is 431 Å². The van der Waals surface area contributed by atoms with Gasteiger partial charge in [0.05, 0.1) is 0 Å². The van der Waals surface area contributed by atoms with Gasteiger partial charge in [-0.2, -0.15) is 0 Å². The average molecular weight is 970 g/mol. The van der Waals surface area contributed by atoms with Gasteiger partial charge in [0, 0.05) is 19.3 Å². The molecule has 0 amide bonds. The molecule has 0 aromatic carbocycles. The summed E-state index contributed by atoms with van der Waals surface area (Å²) < 4.78 is 16.8. The van der Waals surface area contributed by atoms with E-state index >= 15 is 0 Å². The van der Waals surface area contributed by atoms with Crippen LogP contribution in [-0.4, -0.2) is 37.2 Å². The number of hydrogen-bond acceptors (Lipinski definition) is 6. The van der Waals surface area contributed by atoms with Crippen molar-refractivity contribution in [3.63, 3.8) is 0 Å². The summed E-state index contributed by atoms with van der Waals surface area (Å²) in [7, 11) is 0. The van der Waals surface area contributed by atoms with Gasteiger partial charge in [0.1, 0.15) is 13.2 Å². The fraction of sp³-hybridized carbons (Fsp3) is 0.641. The first-order valence-electron chi connectivity index (χ1n) is 28.7. The first-order chi connectivity index (χ1) is 34.5. The number of carbonyl (C=O) groups is 3. The van der Waals surface area contributed by atoms with Crippen molar-refractivity contribution in [1.82, 2.24) is 0 Å². The predicted molar refractivity (Wildman–Crippen MR) is 302 cm³/mol. The van der Waals surface area contributed by atoms with Crippen molar-refractivity contribution in [1.29, 1.82) is 0 Å². The number of carbonyl (C=O) groups excluding carboxylic acids is 3. The maximum Gasteiger partial charge on any atom is 0.306 e. The second-order valence-corrected chi connectivity index (χ2v) is 18.7. The summed E-state index contributed by atoms with van der Waals surface area (Å²) in [6.45, 7) is 6.39. The van der Waals surface area contributed by atoms with Crippen LogP contribution in [0.15, 0.2) is 122 Å². The molecule has 1 atom stereocenters. The van der Waals surface area contributed by atoms with Crippen LogP contribution in [0.4, 0.5) is 0 Å². The molecule has 0 aromatic heterocycles. The molecular formula is C64H104O6. The second-order valence-electron chi connectivity index (χ2n) is 18.7. The molecule has 70 heavy (non-hydrogen) atoms. The Balaban J connectivity index is 4.50. The van der Waals surface area contributed by atoms with Crippen molar-refractivity contribution in [3.8, 4) is 0 Å². The van der Waals surface area contributed by atoms with Gasteiger partial charge in [0.25, 0.3) is 0 Å². The molecule has 0 aromatic rings. The Hall–Kier alpha value is -4.19. The van der Waals surface area contributed by atoms with Gasteiger partial charge in [-0.15, -0.1) is 0 Å². The number of allylic oxidation sites excluding steroid dienone is 20. The highest BCUT2D eigenvalue weighted by Gasteiger charge is 2.19. The third kappa shape index (κ3) is 54.7. The third-order valence-corrected chi connectivity index (χ3v) is 11.9. The van der Waals surface area contributed by atoms with Crippen LogP contribution < -0.4 is 0 Å². The van der Waals surface area contributed by atoms with E-state index in [1.165, 1.54) is 109 Å². The smallest absolute Gasteiger partial charge is 0.306 e. The number of rotatable bonds is 50. The molecule has 0 radical (unpaired) electrons. The Morgan fingerprint density at radius 2 is 0.557 bits per heavy atom. The molecular weight excluding hydrogens is 865 g/mol. The molecule has 0 aliphatic rings. The van der Waals surface area contributed by atoms with E-state index in [1.54, 1.807) is 0 Å². The lowest BCUT2D eigenvalue weighted by molar-refractivity contribution is -0.167. The zero-order valence-electron chi connectivity index (χ0n) is 45.2. The summed E-state index contributed by atoms with van der Waals surface area (Å²) >= 11 is 0. The first-order valence-corrected chi connectivity index (χ1v) is 28.7. The largest absolute Gasteiger partial charge is 0.462 e. The van der Waals surface area contributed by atoms with Gasteiger partial charge in [-0.3, -0.25) is 14.4 Å². The highest BCUT2D eigenvalue weighted by Crippen LogP contribution is 2.14. The summed E-state index contributed by atoms with van der Waals surface area (Å²) in [5.74, 6) is -0.973. The monoisotopic (exact) mass is 969 g/mol. The Bertz CT molecular complexity index is 1490. The van der Waals surface area contributed by atoms with Gasteiger partial charge in [0.2, 0.25) is 0 Å². The van der Waals surface area contributed by atoms with E-state index in [1.807, 2.05) is 48.6 Å². The summed E-state index contributed by atoms with van der Waals surface area (Å²) in [5, 5.41) is 0. The maximum absolute atomic E-state index is 12.9. The van der Waals surface area contributed by atoms with E-state index in [9.17, 15) is 14.4 Å². The highest BCUT2D eigenvalue weighted by atomic mass is 16.6. The standard InChI is InChI=1S/C64H104O6/c1-4-7-10-13-16-19-22-25-28-30-32-34-36-39-42-45-48-51-54-57-63(66)69-60-61(59-68-62(65)56-53-50-47-44-41-38-35-27-24-21-18-15-12-9-6-3)70-64(67)58-55-52-49-46-43-40-37-33-31-29-26-23-20-17-14-11-8-5-2/h9,12,15-16,18-19,21-27,29,31,33,35,37-38,41,61H,4-8,10-11,13-14,17,20,28,30,32,34,36,39-40,42-60H2,1-3H3/b12-9-,18-15-,19-16-,24-21-,25-22-,26-23-,31-29-,35-27-,37-33-,41-38-. The molecule has 6 nitrogen and oxygen atoms in total. The molecule has 0 spiro atoms.